The zero-order valence-electron chi connectivity index (χ0n) is 8.76. The van der Waals surface area contributed by atoms with Crippen LogP contribution in [-0.2, 0) is 0 Å². The molecule has 0 amide bonds. The fourth-order valence-corrected chi connectivity index (χ4v) is 2.80. The quantitative estimate of drug-likeness (QED) is 0.698. The van der Waals surface area contributed by atoms with Gasteiger partial charge in [-0.1, -0.05) is 19.3 Å². The van der Waals surface area contributed by atoms with Crippen LogP contribution in [0.1, 0.15) is 38.5 Å². The summed E-state index contributed by atoms with van der Waals surface area (Å²) in [6.45, 7) is 2.62. The number of likely N-dealkylation sites (tertiary alicyclic amines) is 1. The summed E-state index contributed by atoms with van der Waals surface area (Å²) in [6.07, 6.45) is 8.66. The first kappa shape index (κ1) is 9.47. The molecule has 0 aromatic carbocycles. The molecule has 0 radical (unpaired) electrons. The highest BCUT2D eigenvalue weighted by Crippen LogP contribution is 2.25. The van der Waals surface area contributed by atoms with Crippen LogP contribution in [0.15, 0.2) is 0 Å². The Kier molecular flexibility index (Phi) is 3.23. The van der Waals surface area contributed by atoms with E-state index in [1.807, 2.05) is 0 Å². The van der Waals surface area contributed by atoms with Gasteiger partial charge in [-0.15, -0.1) is 0 Å². The fraction of sp³-hybridized carbons (Fsp3) is 1.00. The first-order valence-corrected chi connectivity index (χ1v) is 5.81. The zero-order valence-corrected chi connectivity index (χ0v) is 8.76. The van der Waals surface area contributed by atoms with Gasteiger partial charge in [-0.3, -0.25) is 4.90 Å². The van der Waals surface area contributed by atoms with Crippen molar-refractivity contribution in [1.82, 2.24) is 10.2 Å². The van der Waals surface area contributed by atoms with Gasteiger partial charge in [0, 0.05) is 25.2 Å². The highest BCUT2D eigenvalue weighted by Gasteiger charge is 2.27. The van der Waals surface area contributed by atoms with E-state index in [4.69, 9.17) is 0 Å². The Morgan fingerprint density at radius 1 is 1.08 bits per heavy atom. The molecule has 0 bridgehead atoms. The molecule has 1 aliphatic carbocycles. The van der Waals surface area contributed by atoms with Gasteiger partial charge in [-0.25, -0.2) is 0 Å². The minimum atomic E-state index is 0.766. The van der Waals surface area contributed by atoms with Crippen molar-refractivity contribution in [2.45, 2.75) is 50.6 Å². The average molecular weight is 182 g/mol. The number of nitrogens with zero attached hydrogens (tertiary/aromatic N) is 1. The predicted molar refractivity (Wildman–Crippen MR) is 55.9 cm³/mol. The van der Waals surface area contributed by atoms with E-state index in [-0.39, 0.29) is 0 Å². The summed E-state index contributed by atoms with van der Waals surface area (Å²) < 4.78 is 0. The maximum Gasteiger partial charge on any atom is 0.0204 e. The molecule has 0 spiro atoms. The standard InChI is InChI=1S/C11H22N2/c1-12-10-7-8-13(9-10)11-5-3-2-4-6-11/h10-12H,2-9H2,1H3. The van der Waals surface area contributed by atoms with E-state index in [1.165, 1.54) is 51.6 Å². The van der Waals surface area contributed by atoms with Gasteiger partial charge in [0.2, 0.25) is 0 Å². The van der Waals surface area contributed by atoms with Crippen molar-refractivity contribution < 1.29 is 0 Å². The summed E-state index contributed by atoms with van der Waals surface area (Å²) in [5.74, 6) is 0. The number of likely N-dealkylation sites (N-methyl/N-ethyl adjacent to an activating group) is 1. The summed E-state index contributed by atoms with van der Waals surface area (Å²) in [4.78, 5) is 2.71. The third kappa shape index (κ3) is 2.23. The van der Waals surface area contributed by atoms with Crippen LogP contribution in [0, 0.1) is 0 Å². The molecule has 76 valence electrons. The van der Waals surface area contributed by atoms with Gasteiger partial charge in [0.05, 0.1) is 0 Å². The lowest BCUT2D eigenvalue weighted by Crippen LogP contribution is -2.37. The van der Waals surface area contributed by atoms with E-state index < -0.39 is 0 Å². The van der Waals surface area contributed by atoms with E-state index in [9.17, 15) is 0 Å². The Balaban J connectivity index is 1.80. The molecule has 1 N–H and O–H groups in total. The Bertz CT molecular complexity index is 152. The number of hydrogen-bond donors (Lipinski definition) is 1. The van der Waals surface area contributed by atoms with Crippen LogP contribution in [0.4, 0.5) is 0 Å². The summed E-state index contributed by atoms with van der Waals surface area (Å²) >= 11 is 0. The Labute approximate surface area is 81.7 Å². The topological polar surface area (TPSA) is 15.3 Å². The zero-order chi connectivity index (χ0) is 9.10. The largest absolute Gasteiger partial charge is 0.316 e. The summed E-state index contributed by atoms with van der Waals surface area (Å²) in [5.41, 5.74) is 0. The van der Waals surface area contributed by atoms with Gasteiger partial charge in [0.25, 0.3) is 0 Å². The second-order valence-corrected chi connectivity index (χ2v) is 4.56. The third-order valence-electron chi connectivity index (χ3n) is 3.72. The first-order chi connectivity index (χ1) is 6.40. The molecule has 1 heterocycles. The minimum Gasteiger partial charge on any atom is -0.316 e. The number of rotatable bonds is 2. The van der Waals surface area contributed by atoms with Crippen molar-refractivity contribution in [2.75, 3.05) is 20.1 Å². The first-order valence-electron chi connectivity index (χ1n) is 5.81. The molecule has 13 heavy (non-hydrogen) atoms. The van der Waals surface area contributed by atoms with Gasteiger partial charge in [-0.05, 0) is 26.3 Å². The van der Waals surface area contributed by atoms with Crippen molar-refractivity contribution in [2.24, 2.45) is 0 Å². The Morgan fingerprint density at radius 3 is 2.46 bits per heavy atom. The second kappa shape index (κ2) is 4.43. The van der Waals surface area contributed by atoms with Gasteiger partial charge in [0.1, 0.15) is 0 Å². The molecule has 2 aliphatic rings. The molecule has 1 saturated carbocycles. The van der Waals surface area contributed by atoms with E-state index >= 15 is 0 Å². The van der Waals surface area contributed by atoms with E-state index in [0.29, 0.717) is 0 Å². The van der Waals surface area contributed by atoms with Crippen LogP contribution in [-0.4, -0.2) is 37.1 Å². The molecule has 2 heteroatoms. The molecule has 1 saturated heterocycles. The van der Waals surface area contributed by atoms with Crippen molar-refractivity contribution in [3.8, 4) is 0 Å². The highest BCUT2D eigenvalue weighted by atomic mass is 15.2. The number of nitrogens with one attached hydrogen (secondary N) is 1. The minimum absolute atomic E-state index is 0.766. The van der Waals surface area contributed by atoms with Crippen LogP contribution in [0.5, 0.6) is 0 Å². The van der Waals surface area contributed by atoms with Gasteiger partial charge in [-0.2, -0.15) is 0 Å². The van der Waals surface area contributed by atoms with Crippen LogP contribution >= 0.6 is 0 Å². The van der Waals surface area contributed by atoms with Crippen LogP contribution in [0.3, 0.4) is 0 Å². The molecule has 1 aliphatic heterocycles. The van der Waals surface area contributed by atoms with Gasteiger partial charge in [0.15, 0.2) is 0 Å². The lowest BCUT2D eigenvalue weighted by molar-refractivity contribution is 0.188. The van der Waals surface area contributed by atoms with E-state index in [0.717, 1.165) is 12.1 Å². The Hall–Kier alpha value is -0.0800. The van der Waals surface area contributed by atoms with Gasteiger partial charge >= 0.3 is 0 Å². The number of hydrogen-bond acceptors (Lipinski definition) is 2. The molecule has 1 atom stereocenters. The highest BCUT2D eigenvalue weighted by molar-refractivity contribution is 4.85. The van der Waals surface area contributed by atoms with Crippen molar-refractivity contribution in [3.05, 3.63) is 0 Å². The summed E-state index contributed by atoms with van der Waals surface area (Å²) in [5, 5.41) is 3.39. The molecular weight excluding hydrogens is 160 g/mol. The lowest BCUT2D eigenvalue weighted by Gasteiger charge is -2.30. The third-order valence-corrected chi connectivity index (χ3v) is 3.72. The van der Waals surface area contributed by atoms with Crippen LogP contribution in [0.2, 0.25) is 0 Å². The average Bonchev–Trinajstić information content (AvgIpc) is 2.67. The maximum atomic E-state index is 3.39. The SMILES string of the molecule is CNC1CCN(C2CCCCC2)C1. The molecule has 2 nitrogen and oxygen atoms in total. The molecule has 0 aromatic rings. The van der Waals surface area contributed by atoms with E-state index in [1.54, 1.807) is 0 Å². The summed E-state index contributed by atoms with van der Waals surface area (Å²) in [6, 6.07) is 1.69. The van der Waals surface area contributed by atoms with Crippen molar-refractivity contribution in [3.63, 3.8) is 0 Å². The van der Waals surface area contributed by atoms with Crippen LogP contribution in [0.25, 0.3) is 0 Å². The normalized spacial score (nSPS) is 32.5. The molecule has 1 unspecified atom stereocenters. The van der Waals surface area contributed by atoms with Gasteiger partial charge < -0.3 is 5.32 Å². The molecule has 2 fully saturated rings. The summed E-state index contributed by atoms with van der Waals surface area (Å²) in [7, 11) is 2.09. The molecule has 0 aromatic heterocycles. The lowest BCUT2D eigenvalue weighted by atomic mass is 9.94. The smallest absolute Gasteiger partial charge is 0.0204 e. The monoisotopic (exact) mass is 182 g/mol. The Morgan fingerprint density at radius 2 is 1.85 bits per heavy atom. The molecule has 2 rings (SSSR count). The van der Waals surface area contributed by atoms with Crippen molar-refractivity contribution >= 4 is 0 Å². The van der Waals surface area contributed by atoms with E-state index in [2.05, 4.69) is 17.3 Å². The van der Waals surface area contributed by atoms with Crippen molar-refractivity contribution in [1.29, 1.82) is 0 Å². The predicted octanol–water partition coefficient (Wildman–Crippen LogP) is 1.61. The van der Waals surface area contributed by atoms with Crippen LogP contribution < -0.4 is 5.32 Å². The fourth-order valence-electron chi connectivity index (χ4n) is 2.80. The molecular formula is C11H22N2. The maximum absolute atomic E-state index is 3.39. The second-order valence-electron chi connectivity index (χ2n) is 4.56.